The predicted octanol–water partition coefficient (Wildman–Crippen LogP) is 3.39. The summed E-state index contributed by atoms with van der Waals surface area (Å²) >= 11 is 0. The van der Waals surface area contributed by atoms with Gasteiger partial charge in [0.1, 0.15) is 17.3 Å². The maximum Gasteiger partial charge on any atom is 0.114 e. The standard InChI is InChI=1S/C12H14O2/c1-8-7-13-12(10(8)3)6-11-5-4-9(2)14-11/h4-5,7H,6H2,1-3H3. The Morgan fingerprint density at radius 2 is 1.93 bits per heavy atom. The van der Waals surface area contributed by atoms with E-state index in [1.54, 1.807) is 6.26 Å². The Labute approximate surface area is 83.5 Å². The van der Waals surface area contributed by atoms with Crippen LogP contribution in [0.2, 0.25) is 0 Å². The topological polar surface area (TPSA) is 26.3 Å². The zero-order valence-electron chi connectivity index (χ0n) is 8.76. The fourth-order valence-corrected chi connectivity index (χ4v) is 1.47. The molecule has 0 aliphatic carbocycles. The fraction of sp³-hybridized carbons (Fsp3) is 0.333. The molecule has 0 aromatic carbocycles. The van der Waals surface area contributed by atoms with Gasteiger partial charge < -0.3 is 8.83 Å². The van der Waals surface area contributed by atoms with E-state index in [-0.39, 0.29) is 0 Å². The van der Waals surface area contributed by atoms with Crippen molar-refractivity contribution in [3.8, 4) is 0 Å². The molecule has 2 heteroatoms. The van der Waals surface area contributed by atoms with Crippen LogP contribution in [0, 0.1) is 20.8 Å². The summed E-state index contributed by atoms with van der Waals surface area (Å²) in [7, 11) is 0. The highest BCUT2D eigenvalue weighted by atomic mass is 16.3. The van der Waals surface area contributed by atoms with Crippen LogP contribution in [0.15, 0.2) is 27.2 Å². The second kappa shape index (κ2) is 3.37. The van der Waals surface area contributed by atoms with E-state index < -0.39 is 0 Å². The molecule has 14 heavy (non-hydrogen) atoms. The molecule has 0 bridgehead atoms. The first-order chi connectivity index (χ1) is 6.66. The van der Waals surface area contributed by atoms with E-state index in [2.05, 4.69) is 13.8 Å². The van der Waals surface area contributed by atoms with Crippen molar-refractivity contribution in [1.29, 1.82) is 0 Å². The molecule has 2 rings (SSSR count). The molecule has 2 aromatic rings. The van der Waals surface area contributed by atoms with E-state index in [1.807, 2.05) is 19.1 Å². The van der Waals surface area contributed by atoms with Gasteiger partial charge in [0.25, 0.3) is 0 Å². The molecule has 0 saturated heterocycles. The summed E-state index contributed by atoms with van der Waals surface area (Å²) in [5.74, 6) is 2.90. The van der Waals surface area contributed by atoms with E-state index in [1.165, 1.54) is 11.1 Å². The van der Waals surface area contributed by atoms with Gasteiger partial charge in [-0.3, -0.25) is 0 Å². The second-order valence-corrected chi connectivity index (χ2v) is 3.66. The smallest absolute Gasteiger partial charge is 0.114 e. The van der Waals surface area contributed by atoms with Gasteiger partial charge in [-0.25, -0.2) is 0 Å². The number of furan rings is 2. The van der Waals surface area contributed by atoms with Gasteiger partial charge in [-0.2, -0.15) is 0 Å². The van der Waals surface area contributed by atoms with E-state index in [0.717, 1.165) is 23.7 Å². The first-order valence-electron chi connectivity index (χ1n) is 4.75. The van der Waals surface area contributed by atoms with Crippen LogP contribution in [-0.2, 0) is 6.42 Å². The summed E-state index contributed by atoms with van der Waals surface area (Å²) in [5, 5.41) is 0. The molecule has 0 fully saturated rings. The van der Waals surface area contributed by atoms with Crippen molar-refractivity contribution >= 4 is 0 Å². The highest BCUT2D eigenvalue weighted by Gasteiger charge is 2.08. The lowest BCUT2D eigenvalue weighted by Crippen LogP contribution is -1.86. The van der Waals surface area contributed by atoms with Crippen LogP contribution in [0.3, 0.4) is 0 Å². The van der Waals surface area contributed by atoms with Gasteiger partial charge in [0.15, 0.2) is 0 Å². The molecule has 0 amide bonds. The van der Waals surface area contributed by atoms with Crippen LogP contribution in [0.1, 0.15) is 28.4 Å². The molecule has 0 spiro atoms. The predicted molar refractivity (Wildman–Crippen MR) is 54.4 cm³/mol. The van der Waals surface area contributed by atoms with E-state index in [4.69, 9.17) is 8.83 Å². The molecule has 0 unspecified atom stereocenters. The van der Waals surface area contributed by atoms with Crippen LogP contribution in [-0.4, -0.2) is 0 Å². The third-order valence-electron chi connectivity index (χ3n) is 2.52. The molecule has 0 saturated carbocycles. The molecule has 74 valence electrons. The van der Waals surface area contributed by atoms with Crippen molar-refractivity contribution in [3.05, 3.63) is 46.8 Å². The minimum atomic E-state index is 0.744. The fourth-order valence-electron chi connectivity index (χ4n) is 1.47. The molecule has 0 aliphatic rings. The maximum absolute atomic E-state index is 5.49. The largest absolute Gasteiger partial charge is 0.468 e. The summed E-state index contributed by atoms with van der Waals surface area (Å²) in [6, 6.07) is 3.97. The Balaban J connectivity index is 2.22. The Morgan fingerprint density at radius 1 is 1.14 bits per heavy atom. The summed E-state index contributed by atoms with van der Waals surface area (Å²) in [6.45, 7) is 6.07. The lowest BCUT2D eigenvalue weighted by molar-refractivity contribution is 0.459. The van der Waals surface area contributed by atoms with Gasteiger partial charge in [0.05, 0.1) is 12.7 Å². The zero-order chi connectivity index (χ0) is 10.1. The van der Waals surface area contributed by atoms with Gasteiger partial charge in [-0.1, -0.05) is 0 Å². The van der Waals surface area contributed by atoms with Gasteiger partial charge in [-0.05, 0) is 44.0 Å². The SMILES string of the molecule is Cc1ccc(Cc2occ(C)c2C)o1. The molecule has 2 heterocycles. The Kier molecular flexibility index (Phi) is 2.20. The minimum Gasteiger partial charge on any atom is -0.468 e. The number of hydrogen-bond donors (Lipinski definition) is 0. The molecule has 2 aromatic heterocycles. The third-order valence-corrected chi connectivity index (χ3v) is 2.52. The molecule has 0 N–H and O–H groups in total. The Bertz CT molecular complexity index is 435. The van der Waals surface area contributed by atoms with Crippen molar-refractivity contribution in [1.82, 2.24) is 0 Å². The molecule has 2 nitrogen and oxygen atoms in total. The average Bonchev–Trinajstić information content (AvgIpc) is 2.67. The number of hydrogen-bond acceptors (Lipinski definition) is 2. The van der Waals surface area contributed by atoms with Crippen molar-refractivity contribution in [2.45, 2.75) is 27.2 Å². The highest BCUT2D eigenvalue weighted by molar-refractivity contribution is 5.27. The maximum atomic E-state index is 5.49. The third kappa shape index (κ3) is 1.60. The van der Waals surface area contributed by atoms with Crippen molar-refractivity contribution in [2.24, 2.45) is 0 Å². The average molecular weight is 190 g/mol. The van der Waals surface area contributed by atoms with Crippen molar-refractivity contribution in [2.75, 3.05) is 0 Å². The Morgan fingerprint density at radius 3 is 2.43 bits per heavy atom. The van der Waals surface area contributed by atoms with Crippen molar-refractivity contribution in [3.63, 3.8) is 0 Å². The number of rotatable bonds is 2. The first kappa shape index (κ1) is 9.13. The number of aryl methyl sites for hydroxylation is 2. The normalized spacial score (nSPS) is 10.8. The molecule has 0 atom stereocenters. The molecule has 0 aliphatic heterocycles. The van der Waals surface area contributed by atoms with Crippen LogP contribution in [0.4, 0.5) is 0 Å². The molecule has 0 radical (unpaired) electrons. The van der Waals surface area contributed by atoms with E-state index in [9.17, 15) is 0 Å². The van der Waals surface area contributed by atoms with Crippen LogP contribution in [0.25, 0.3) is 0 Å². The molecular formula is C12H14O2. The summed E-state index contributed by atoms with van der Waals surface area (Å²) in [4.78, 5) is 0. The Hall–Kier alpha value is -1.44. The minimum absolute atomic E-state index is 0.744. The first-order valence-corrected chi connectivity index (χ1v) is 4.75. The van der Waals surface area contributed by atoms with Crippen molar-refractivity contribution < 1.29 is 8.83 Å². The van der Waals surface area contributed by atoms with Crippen LogP contribution in [0.5, 0.6) is 0 Å². The molecular weight excluding hydrogens is 176 g/mol. The van der Waals surface area contributed by atoms with Gasteiger partial charge >= 0.3 is 0 Å². The van der Waals surface area contributed by atoms with E-state index in [0.29, 0.717) is 0 Å². The lowest BCUT2D eigenvalue weighted by Gasteiger charge is -1.95. The zero-order valence-corrected chi connectivity index (χ0v) is 8.76. The summed E-state index contributed by atoms with van der Waals surface area (Å²) in [6.07, 6.45) is 2.54. The summed E-state index contributed by atoms with van der Waals surface area (Å²) < 4.78 is 10.9. The van der Waals surface area contributed by atoms with Gasteiger partial charge in [0, 0.05) is 0 Å². The summed E-state index contributed by atoms with van der Waals surface area (Å²) in [5.41, 5.74) is 2.42. The quantitative estimate of drug-likeness (QED) is 0.725. The van der Waals surface area contributed by atoms with Crippen LogP contribution >= 0.6 is 0 Å². The van der Waals surface area contributed by atoms with E-state index >= 15 is 0 Å². The van der Waals surface area contributed by atoms with Crippen LogP contribution < -0.4 is 0 Å². The van der Waals surface area contributed by atoms with Gasteiger partial charge in [-0.15, -0.1) is 0 Å². The second-order valence-electron chi connectivity index (χ2n) is 3.66. The highest BCUT2D eigenvalue weighted by Crippen LogP contribution is 2.19. The van der Waals surface area contributed by atoms with Gasteiger partial charge in [0.2, 0.25) is 0 Å². The monoisotopic (exact) mass is 190 g/mol. The lowest BCUT2D eigenvalue weighted by atomic mass is 10.1.